The van der Waals surface area contributed by atoms with E-state index in [1.165, 1.54) is 6.07 Å². The van der Waals surface area contributed by atoms with E-state index in [1.807, 2.05) is 31.2 Å². The molecule has 0 saturated heterocycles. The van der Waals surface area contributed by atoms with Crippen LogP contribution < -0.4 is 20.9 Å². The van der Waals surface area contributed by atoms with Crippen molar-refractivity contribution < 1.29 is 9.53 Å². The quantitative estimate of drug-likeness (QED) is 0.554. The van der Waals surface area contributed by atoms with Gasteiger partial charge in [-0.15, -0.1) is 0 Å². The summed E-state index contributed by atoms with van der Waals surface area (Å²) in [4.78, 5) is 11.8. The third-order valence-corrected chi connectivity index (χ3v) is 3.70. The number of nitrogens with one attached hydrogen (secondary N) is 3. The predicted molar refractivity (Wildman–Crippen MR) is 101 cm³/mol. The Hall–Kier alpha value is -2.02. The van der Waals surface area contributed by atoms with Crippen molar-refractivity contribution in [3.63, 3.8) is 0 Å². The van der Waals surface area contributed by atoms with Crippen LogP contribution in [0.2, 0.25) is 10.0 Å². The van der Waals surface area contributed by atoms with E-state index in [2.05, 4.69) is 16.2 Å². The first-order chi connectivity index (χ1) is 11.5. The summed E-state index contributed by atoms with van der Waals surface area (Å²) in [5.41, 5.74) is 6.93. The molecule has 0 saturated carbocycles. The van der Waals surface area contributed by atoms with Gasteiger partial charge in [-0.3, -0.25) is 15.6 Å². The average molecular weight is 384 g/mol. The van der Waals surface area contributed by atoms with Crippen LogP contribution in [-0.2, 0) is 4.79 Å². The number of ether oxygens (including phenoxy) is 1. The number of amides is 1. The molecule has 0 bridgehead atoms. The minimum atomic E-state index is -0.407. The SMILES string of the molecule is Cc1ccccc1NC(=S)NNC(=O)COc1ccc(Cl)cc1Cl. The molecule has 8 heteroatoms. The second kappa shape index (κ2) is 8.73. The van der Waals surface area contributed by atoms with Gasteiger partial charge in [0, 0.05) is 10.7 Å². The lowest BCUT2D eigenvalue weighted by molar-refractivity contribution is -0.123. The van der Waals surface area contributed by atoms with Gasteiger partial charge in [-0.25, -0.2) is 0 Å². The fourth-order valence-electron chi connectivity index (χ4n) is 1.76. The van der Waals surface area contributed by atoms with Gasteiger partial charge in [0.05, 0.1) is 5.02 Å². The first-order valence-corrected chi connectivity index (χ1v) is 8.11. The van der Waals surface area contributed by atoms with E-state index in [9.17, 15) is 4.79 Å². The number of halogens is 2. The highest BCUT2D eigenvalue weighted by Gasteiger charge is 2.07. The van der Waals surface area contributed by atoms with Crippen molar-refractivity contribution in [2.45, 2.75) is 6.92 Å². The first kappa shape index (κ1) is 18.3. The second-order valence-electron chi connectivity index (χ2n) is 4.81. The van der Waals surface area contributed by atoms with Crippen molar-refractivity contribution in [3.8, 4) is 5.75 Å². The van der Waals surface area contributed by atoms with Gasteiger partial charge in [-0.1, -0.05) is 41.4 Å². The number of aryl methyl sites for hydroxylation is 1. The maximum absolute atomic E-state index is 11.8. The van der Waals surface area contributed by atoms with Gasteiger partial charge in [-0.05, 0) is 49.0 Å². The molecule has 24 heavy (non-hydrogen) atoms. The Morgan fingerprint density at radius 2 is 1.92 bits per heavy atom. The molecule has 0 aliphatic heterocycles. The molecule has 2 aromatic carbocycles. The number of carbonyl (C=O) groups excluding carboxylic acids is 1. The van der Waals surface area contributed by atoms with Crippen LogP contribution in [0, 0.1) is 6.92 Å². The zero-order valence-corrected chi connectivity index (χ0v) is 15.1. The normalized spacial score (nSPS) is 9.96. The molecular weight excluding hydrogens is 369 g/mol. The van der Waals surface area contributed by atoms with Crippen molar-refractivity contribution >= 4 is 52.1 Å². The van der Waals surface area contributed by atoms with E-state index >= 15 is 0 Å². The molecule has 0 aromatic heterocycles. The van der Waals surface area contributed by atoms with Crippen molar-refractivity contribution in [1.82, 2.24) is 10.9 Å². The summed E-state index contributed by atoms with van der Waals surface area (Å²) in [6.45, 7) is 1.73. The number of carbonyl (C=O) groups is 1. The molecule has 2 rings (SSSR count). The monoisotopic (exact) mass is 383 g/mol. The van der Waals surface area contributed by atoms with Crippen LogP contribution in [0.3, 0.4) is 0 Å². The Kier molecular flexibility index (Phi) is 6.66. The van der Waals surface area contributed by atoms with Crippen LogP contribution >= 0.6 is 35.4 Å². The molecule has 3 N–H and O–H groups in total. The molecule has 0 heterocycles. The van der Waals surface area contributed by atoms with Crippen molar-refractivity contribution in [1.29, 1.82) is 0 Å². The van der Waals surface area contributed by atoms with Gasteiger partial charge in [-0.2, -0.15) is 0 Å². The zero-order chi connectivity index (χ0) is 17.5. The molecule has 0 atom stereocenters. The van der Waals surface area contributed by atoms with Crippen molar-refractivity contribution in [2.24, 2.45) is 0 Å². The van der Waals surface area contributed by atoms with Gasteiger partial charge in [0.1, 0.15) is 5.75 Å². The van der Waals surface area contributed by atoms with Crippen LogP contribution in [0.4, 0.5) is 5.69 Å². The number of benzene rings is 2. The molecule has 0 aliphatic carbocycles. The molecule has 2 aromatic rings. The summed E-state index contributed by atoms with van der Waals surface area (Å²) >= 11 is 16.9. The molecule has 126 valence electrons. The molecule has 0 radical (unpaired) electrons. The highest BCUT2D eigenvalue weighted by Crippen LogP contribution is 2.27. The van der Waals surface area contributed by atoms with Crippen LogP contribution in [0.15, 0.2) is 42.5 Å². The Morgan fingerprint density at radius 3 is 2.62 bits per heavy atom. The minimum absolute atomic E-state index is 0.221. The number of hydrogen-bond donors (Lipinski definition) is 3. The van der Waals surface area contributed by atoms with Crippen molar-refractivity contribution in [2.75, 3.05) is 11.9 Å². The predicted octanol–water partition coefficient (Wildman–Crippen LogP) is 3.70. The zero-order valence-electron chi connectivity index (χ0n) is 12.7. The van der Waals surface area contributed by atoms with Crippen LogP contribution in [0.25, 0.3) is 0 Å². The third kappa shape index (κ3) is 5.56. The van der Waals surface area contributed by atoms with E-state index in [-0.39, 0.29) is 11.7 Å². The summed E-state index contributed by atoms with van der Waals surface area (Å²) in [5.74, 6) is -0.0354. The molecule has 1 amide bonds. The molecule has 0 unspecified atom stereocenters. The lowest BCUT2D eigenvalue weighted by Crippen LogP contribution is -2.45. The maximum Gasteiger partial charge on any atom is 0.276 e. The summed E-state index contributed by atoms with van der Waals surface area (Å²) in [7, 11) is 0. The van der Waals surface area contributed by atoms with Crippen LogP contribution in [-0.4, -0.2) is 17.6 Å². The third-order valence-electron chi connectivity index (χ3n) is 2.96. The highest BCUT2D eigenvalue weighted by molar-refractivity contribution is 7.80. The molecule has 0 spiro atoms. The second-order valence-corrected chi connectivity index (χ2v) is 6.06. The van der Waals surface area contributed by atoms with Gasteiger partial charge in [0.15, 0.2) is 11.7 Å². The van der Waals surface area contributed by atoms with E-state index in [0.717, 1.165) is 11.3 Å². The average Bonchev–Trinajstić information content (AvgIpc) is 2.54. The Morgan fingerprint density at radius 1 is 1.17 bits per heavy atom. The smallest absolute Gasteiger partial charge is 0.276 e. The molecule has 0 fully saturated rings. The number of hydrazine groups is 1. The first-order valence-electron chi connectivity index (χ1n) is 6.95. The summed E-state index contributed by atoms with van der Waals surface area (Å²) < 4.78 is 5.32. The Balaban J connectivity index is 1.76. The topological polar surface area (TPSA) is 62.4 Å². The van der Waals surface area contributed by atoms with Crippen LogP contribution in [0.5, 0.6) is 5.75 Å². The maximum atomic E-state index is 11.8. The Labute approximate surface area is 155 Å². The fourth-order valence-corrected chi connectivity index (χ4v) is 2.39. The number of thiocarbonyl (C=S) groups is 1. The van der Waals surface area contributed by atoms with E-state index in [4.69, 9.17) is 40.2 Å². The number of hydrogen-bond acceptors (Lipinski definition) is 3. The molecule has 0 aliphatic rings. The highest BCUT2D eigenvalue weighted by atomic mass is 35.5. The summed E-state index contributed by atoms with van der Waals surface area (Å²) in [6.07, 6.45) is 0. The lowest BCUT2D eigenvalue weighted by atomic mass is 10.2. The number of rotatable bonds is 4. The molecule has 5 nitrogen and oxygen atoms in total. The number of para-hydroxylation sites is 1. The minimum Gasteiger partial charge on any atom is -0.482 e. The number of anilines is 1. The van der Waals surface area contributed by atoms with Gasteiger partial charge >= 0.3 is 0 Å². The van der Waals surface area contributed by atoms with E-state index in [0.29, 0.717) is 15.8 Å². The molecular formula is C16H15Cl2N3O2S. The van der Waals surface area contributed by atoms with Gasteiger partial charge in [0.2, 0.25) is 0 Å². The standard InChI is InChI=1S/C16H15Cl2N3O2S/c1-10-4-2-3-5-13(10)19-16(24)21-20-15(22)9-23-14-7-6-11(17)8-12(14)18/h2-8H,9H2,1H3,(H,20,22)(H2,19,21,24). The van der Waals surface area contributed by atoms with Gasteiger partial charge in [0.25, 0.3) is 5.91 Å². The Bertz CT molecular complexity index is 756. The van der Waals surface area contributed by atoms with Gasteiger partial charge < -0.3 is 10.1 Å². The lowest BCUT2D eigenvalue weighted by Gasteiger charge is -2.13. The summed E-state index contributed by atoms with van der Waals surface area (Å²) in [6, 6.07) is 12.4. The largest absolute Gasteiger partial charge is 0.482 e. The van der Waals surface area contributed by atoms with Crippen molar-refractivity contribution in [3.05, 3.63) is 58.1 Å². The summed E-state index contributed by atoms with van der Waals surface area (Å²) in [5, 5.41) is 4.07. The van der Waals surface area contributed by atoms with E-state index in [1.54, 1.807) is 12.1 Å². The van der Waals surface area contributed by atoms with E-state index < -0.39 is 5.91 Å². The van der Waals surface area contributed by atoms with Crippen LogP contribution in [0.1, 0.15) is 5.56 Å². The fraction of sp³-hybridized carbons (Fsp3) is 0.125.